The summed E-state index contributed by atoms with van der Waals surface area (Å²) >= 11 is 0. The minimum atomic E-state index is -1.01. The minimum Gasteiger partial charge on any atom is -0.478 e. The lowest BCUT2D eigenvalue weighted by Gasteiger charge is -2.20. The summed E-state index contributed by atoms with van der Waals surface area (Å²) in [5.41, 5.74) is 3.86. The van der Waals surface area contributed by atoms with E-state index in [0.29, 0.717) is 36.3 Å². The minimum absolute atomic E-state index is 0.169. The van der Waals surface area contributed by atoms with Gasteiger partial charge in [0.2, 0.25) is 0 Å². The molecule has 1 aromatic heterocycles. The molecule has 4 rings (SSSR count). The van der Waals surface area contributed by atoms with Crippen LogP contribution in [-0.2, 0) is 4.74 Å². The zero-order valence-electron chi connectivity index (χ0n) is 15.4. The average Bonchev–Trinajstić information content (AvgIpc) is 3.55. The van der Waals surface area contributed by atoms with E-state index < -0.39 is 12.8 Å². The summed E-state index contributed by atoms with van der Waals surface area (Å²) in [4.78, 5) is 16.2. The lowest BCUT2D eigenvalue weighted by Crippen LogP contribution is -2.09. The van der Waals surface area contributed by atoms with Gasteiger partial charge in [0.1, 0.15) is 0 Å². The molecule has 2 aliphatic rings. The van der Waals surface area contributed by atoms with Crippen LogP contribution in [0.4, 0.5) is 11.4 Å². The summed E-state index contributed by atoms with van der Waals surface area (Å²) < 4.78 is 10.9. The number of carboxylic acids is 1. The van der Waals surface area contributed by atoms with Gasteiger partial charge in [-0.3, -0.25) is 4.98 Å². The molecule has 7 nitrogen and oxygen atoms in total. The van der Waals surface area contributed by atoms with E-state index in [-0.39, 0.29) is 5.56 Å². The Hall–Kier alpha value is -2.90. The summed E-state index contributed by atoms with van der Waals surface area (Å²) in [6, 6.07) is 7.21. The van der Waals surface area contributed by atoms with Crippen LogP contribution in [0.3, 0.4) is 0 Å². The Bertz CT molecular complexity index is 921. The molecule has 0 radical (unpaired) electrons. The molecule has 1 saturated carbocycles. The fourth-order valence-electron chi connectivity index (χ4n) is 3.38. The number of aromatic nitrogens is 1. The number of pyridine rings is 1. The molecule has 1 aliphatic heterocycles. The number of aromatic carboxylic acids is 1. The monoisotopic (exact) mass is 382 g/mol. The number of nitrogens with zero attached hydrogens (tertiary/aromatic N) is 1. The number of hydrogen-bond donors (Lipinski definition) is 3. The van der Waals surface area contributed by atoms with Crippen LogP contribution in [0.5, 0.6) is 5.75 Å². The summed E-state index contributed by atoms with van der Waals surface area (Å²) in [5.74, 6) is -0.176. The van der Waals surface area contributed by atoms with Crippen molar-refractivity contribution < 1.29 is 24.5 Å². The van der Waals surface area contributed by atoms with Gasteiger partial charge < -0.3 is 25.0 Å². The van der Waals surface area contributed by atoms with Crippen molar-refractivity contribution in [3.63, 3.8) is 0 Å². The molecule has 146 valence electrons. The van der Waals surface area contributed by atoms with Gasteiger partial charge in [-0.2, -0.15) is 0 Å². The Morgan fingerprint density at radius 1 is 1.32 bits per heavy atom. The van der Waals surface area contributed by atoms with Gasteiger partial charge in [-0.05, 0) is 37.0 Å². The highest BCUT2D eigenvalue weighted by Crippen LogP contribution is 2.41. The molecule has 0 spiro atoms. The van der Waals surface area contributed by atoms with Gasteiger partial charge in [0.25, 0.3) is 0 Å². The van der Waals surface area contributed by atoms with Crippen molar-refractivity contribution in [1.82, 2.24) is 4.98 Å². The number of carbonyl (C=O) groups is 1. The zero-order valence-corrected chi connectivity index (χ0v) is 15.4. The zero-order chi connectivity index (χ0) is 19.5. The lowest BCUT2D eigenvalue weighted by atomic mass is 9.99. The topological polar surface area (TPSA) is 101 Å². The molecule has 7 heteroatoms. The fraction of sp³-hybridized carbons (Fsp3) is 0.333. The number of para-hydroxylation sites is 1. The van der Waals surface area contributed by atoms with Crippen molar-refractivity contribution in [2.75, 3.05) is 25.3 Å². The molecular formula is C21H22N2O5. The SMILES string of the molecule is O=C(O)c1cc(C2CC2)ncc1Nc1cccc(C2=CCOCC2)c1OCO. The molecule has 2 heterocycles. The molecule has 0 atom stereocenters. The van der Waals surface area contributed by atoms with Gasteiger partial charge in [-0.15, -0.1) is 0 Å². The third-order valence-corrected chi connectivity index (χ3v) is 4.95. The Kier molecular flexibility index (Phi) is 5.27. The van der Waals surface area contributed by atoms with Crippen LogP contribution < -0.4 is 10.1 Å². The van der Waals surface area contributed by atoms with Crippen molar-refractivity contribution in [3.8, 4) is 5.75 Å². The van der Waals surface area contributed by atoms with Crippen LogP contribution in [0.25, 0.3) is 5.57 Å². The molecule has 0 saturated heterocycles. The van der Waals surface area contributed by atoms with Gasteiger partial charge in [0.05, 0.1) is 36.3 Å². The fourth-order valence-corrected chi connectivity index (χ4v) is 3.38. The molecule has 0 amide bonds. The standard InChI is InChI=1S/C21H22N2O5/c24-12-28-20-15(13-6-8-27-9-7-13)2-1-3-17(20)23-19-11-22-18(14-4-5-14)10-16(19)21(25)26/h1-3,6,10-11,14,23-24H,4-5,7-9,12H2,(H,25,26). The molecule has 3 N–H and O–H groups in total. The van der Waals surface area contributed by atoms with Crippen molar-refractivity contribution in [3.05, 3.63) is 53.4 Å². The summed E-state index contributed by atoms with van der Waals surface area (Å²) in [7, 11) is 0. The van der Waals surface area contributed by atoms with Crippen LogP contribution in [0, 0.1) is 0 Å². The van der Waals surface area contributed by atoms with Gasteiger partial charge in [-0.25, -0.2) is 4.79 Å². The maximum absolute atomic E-state index is 11.8. The first kappa shape index (κ1) is 18.5. The van der Waals surface area contributed by atoms with E-state index in [1.807, 2.05) is 18.2 Å². The maximum atomic E-state index is 11.8. The first-order valence-corrected chi connectivity index (χ1v) is 9.31. The number of ether oxygens (including phenoxy) is 2. The second kappa shape index (κ2) is 8.00. The van der Waals surface area contributed by atoms with E-state index in [1.54, 1.807) is 18.3 Å². The Labute approximate surface area is 162 Å². The summed E-state index contributed by atoms with van der Waals surface area (Å²) in [6.07, 6.45) is 6.38. The van der Waals surface area contributed by atoms with Crippen molar-refractivity contribution >= 4 is 22.9 Å². The van der Waals surface area contributed by atoms with Crippen molar-refractivity contribution in [2.24, 2.45) is 0 Å². The average molecular weight is 382 g/mol. The van der Waals surface area contributed by atoms with Crippen LogP contribution in [0.1, 0.15) is 46.8 Å². The van der Waals surface area contributed by atoms with E-state index >= 15 is 0 Å². The van der Waals surface area contributed by atoms with Crippen LogP contribution in [-0.4, -0.2) is 41.2 Å². The molecular weight excluding hydrogens is 360 g/mol. The predicted octanol–water partition coefficient (Wildman–Crippen LogP) is 3.53. The largest absolute Gasteiger partial charge is 0.478 e. The molecule has 1 aromatic carbocycles. The number of aliphatic hydroxyl groups excluding tert-OH is 1. The number of aliphatic hydroxyl groups is 1. The first-order chi connectivity index (χ1) is 13.7. The predicted molar refractivity (Wildman–Crippen MR) is 104 cm³/mol. The quantitative estimate of drug-likeness (QED) is 0.630. The number of anilines is 2. The highest BCUT2D eigenvalue weighted by molar-refractivity contribution is 5.95. The molecule has 0 bridgehead atoms. The molecule has 1 fully saturated rings. The van der Waals surface area contributed by atoms with Crippen LogP contribution in [0.2, 0.25) is 0 Å². The highest BCUT2D eigenvalue weighted by atomic mass is 16.6. The van der Waals surface area contributed by atoms with Crippen molar-refractivity contribution in [2.45, 2.75) is 25.2 Å². The van der Waals surface area contributed by atoms with E-state index in [1.165, 1.54) is 0 Å². The molecule has 28 heavy (non-hydrogen) atoms. The van der Waals surface area contributed by atoms with Gasteiger partial charge in [0, 0.05) is 17.2 Å². The Morgan fingerprint density at radius 3 is 2.86 bits per heavy atom. The molecule has 0 unspecified atom stereocenters. The van der Waals surface area contributed by atoms with E-state index in [0.717, 1.165) is 36.1 Å². The van der Waals surface area contributed by atoms with E-state index in [4.69, 9.17) is 9.47 Å². The third-order valence-electron chi connectivity index (χ3n) is 4.95. The van der Waals surface area contributed by atoms with Gasteiger partial charge >= 0.3 is 5.97 Å². The summed E-state index contributed by atoms with van der Waals surface area (Å²) in [5, 5.41) is 22.2. The number of rotatable bonds is 7. The third kappa shape index (κ3) is 3.85. The molecule has 2 aromatic rings. The lowest BCUT2D eigenvalue weighted by molar-refractivity contribution is 0.0697. The van der Waals surface area contributed by atoms with Crippen LogP contribution >= 0.6 is 0 Å². The van der Waals surface area contributed by atoms with Crippen LogP contribution in [0.15, 0.2) is 36.5 Å². The smallest absolute Gasteiger partial charge is 0.337 e. The number of benzene rings is 1. The maximum Gasteiger partial charge on any atom is 0.337 e. The van der Waals surface area contributed by atoms with E-state index in [2.05, 4.69) is 10.3 Å². The second-order valence-corrected chi connectivity index (χ2v) is 6.87. The number of hydrogen-bond acceptors (Lipinski definition) is 6. The van der Waals surface area contributed by atoms with Gasteiger partial charge in [-0.1, -0.05) is 18.2 Å². The van der Waals surface area contributed by atoms with Gasteiger partial charge in [0.15, 0.2) is 12.5 Å². The Balaban J connectivity index is 1.71. The van der Waals surface area contributed by atoms with Crippen molar-refractivity contribution in [1.29, 1.82) is 0 Å². The number of carboxylic acid groups (broad SMARTS) is 1. The second-order valence-electron chi connectivity index (χ2n) is 6.87. The number of nitrogens with one attached hydrogen (secondary N) is 1. The first-order valence-electron chi connectivity index (χ1n) is 9.31. The van der Waals surface area contributed by atoms with E-state index in [9.17, 15) is 15.0 Å². The molecule has 1 aliphatic carbocycles. The normalized spacial score (nSPS) is 16.4. The highest BCUT2D eigenvalue weighted by Gasteiger charge is 2.27. The summed E-state index contributed by atoms with van der Waals surface area (Å²) in [6.45, 7) is 0.666. The Morgan fingerprint density at radius 2 is 2.18 bits per heavy atom.